The maximum Gasteiger partial charge on any atom is 0.340 e. The molecule has 1 saturated carbocycles. The molecule has 0 aliphatic heterocycles. The highest BCUT2D eigenvalue weighted by Crippen LogP contribution is 2.31. The molecule has 1 aliphatic carbocycles. The lowest BCUT2D eigenvalue weighted by atomic mass is 10.2. The molecule has 1 aliphatic rings. The Bertz CT molecular complexity index is 1120. The van der Waals surface area contributed by atoms with Gasteiger partial charge in [0.25, 0.3) is 5.91 Å². The Balaban J connectivity index is 1.76. The molecule has 3 rings (SSSR count). The van der Waals surface area contributed by atoms with Gasteiger partial charge in [-0.05, 0) is 44.0 Å². The topological polar surface area (TPSA) is 111 Å². The number of ether oxygens (including phenoxy) is 2. The lowest BCUT2D eigenvalue weighted by Crippen LogP contribution is -2.30. The number of anilines is 1. The summed E-state index contributed by atoms with van der Waals surface area (Å²) in [5.74, 6) is -1.13. The average Bonchev–Trinajstić information content (AvgIpc) is 3.51. The summed E-state index contributed by atoms with van der Waals surface area (Å²) in [4.78, 5) is 24.8. The number of para-hydroxylation sites is 2. The van der Waals surface area contributed by atoms with Crippen LogP contribution in [-0.2, 0) is 19.6 Å². The minimum Gasteiger partial charge on any atom is -0.495 e. The van der Waals surface area contributed by atoms with E-state index < -0.39 is 28.0 Å². The Kier molecular flexibility index (Phi) is 7.10. The number of amides is 1. The summed E-state index contributed by atoms with van der Waals surface area (Å²) in [5.41, 5.74) is 0.182. The van der Waals surface area contributed by atoms with Crippen LogP contribution in [0.5, 0.6) is 5.75 Å². The maximum absolute atomic E-state index is 12.6. The average molecular weight is 487 g/mol. The molecule has 1 amide bonds. The summed E-state index contributed by atoms with van der Waals surface area (Å²) in [5, 5.41) is 2.38. The van der Waals surface area contributed by atoms with Gasteiger partial charge >= 0.3 is 5.97 Å². The molecular formula is C20H20Cl2N2O6S. The molecule has 11 heteroatoms. The van der Waals surface area contributed by atoms with Crippen LogP contribution in [0.1, 0.15) is 30.1 Å². The highest BCUT2D eigenvalue weighted by Gasteiger charge is 2.31. The molecule has 8 nitrogen and oxygen atoms in total. The van der Waals surface area contributed by atoms with E-state index in [0.29, 0.717) is 11.4 Å². The van der Waals surface area contributed by atoms with Crippen molar-refractivity contribution in [2.75, 3.05) is 12.4 Å². The summed E-state index contributed by atoms with van der Waals surface area (Å²) < 4.78 is 37.9. The van der Waals surface area contributed by atoms with Gasteiger partial charge in [-0.2, -0.15) is 0 Å². The monoisotopic (exact) mass is 486 g/mol. The smallest absolute Gasteiger partial charge is 0.340 e. The van der Waals surface area contributed by atoms with E-state index >= 15 is 0 Å². The van der Waals surface area contributed by atoms with Gasteiger partial charge in [-0.1, -0.05) is 35.3 Å². The van der Waals surface area contributed by atoms with Crippen molar-refractivity contribution in [3.05, 3.63) is 52.0 Å². The van der Waals surface area contributed by atoms with Crippen LogP contribution in [0.3, 0.4) is 0 Å². The van der Waals surface area contributed by atoms with Gasteiger partial charge < -0.3 is 14.8 Å². The van der Waals surface area contributed by atoms with Gasteiger partial charge in [-0.3, -0.25) is 4.79 Å². The van der Waals surface area contributed by atoms with Gasteiger partial charge in [0, 0.05) is 6.04 Å². The molecule has 2 N–H and O–H groups in total. The van der Waals surface area contributed by atoms with E-state index in [1.54, 1.807) is 24.3 Å². The highest BCUT2D eigenvalue weighted by atomic mass is 35.5. The zero-order valence-electron chi connectivity index (χ0n) is 16.6. The molecule has 2 aromatic rings. The molecule has 0 saturated heterocycles. The molecule has 0 heterocycles. The Morgan fingerprint density at radius 3 is 2.45 bits per heavy atom. The summed E-state index contributed by atoms with van der Waals surface area (Å²) in [6, 6.07) is 8.79. The number of halogens is 2. The maximum atomic E-state index is 12.6. The van der Waals surface area contributed by atoms with E-state index in [2.05, 4.69) is 10.0 Å². The van der Waals surface area contributed by atoms with E-state index in [1.165, 1.54) is 14.0 Å². The Labute approximate surface area is 189 Å². The third-order valence-corrected chi connectivity index (χ3v) is 6.75. The zero-order chi connectivity index (χ0) is 22.8. The van der Waals surface area contributed by atoms with Crippen molar-refractivity contribution in [3.8, 4) is 5.75 Å². The SMILES string of the molecule is COc1ccccc1NC(=O)C(C)OC(=O)c1cc(S(=O)(=O)NC2CC2)c(Cl)cc1Cl. The van der Waals surface area contributed by atoms with Crippen LogP contribution in [0.15, 0.2) is 41.3 Å². The first-order valence-corrected chi connectivity index (χ1v) is 11.5. The molecule has 1 unspecified atom stereocenters. The Hall–Kier alpha value is -2.33. The van der Waals surface area contributed by atoms with E-state index in [9.17, 15) is 18.0 Å². The first-order valence-electron chi connectivity index (χ1n) is 9.28. The number of carbonyl (C=O) groups is 2. The summed E-state index contributed by atoms with van der Waals surface area (Å²) >= 11 is 12.1. The molecule has 0 radical (unpaired) electrons. The molecule has 0 spiro atoms. The fourth-order valence-electron chi connectivity index (χ4n) is 2.64. The molecular weight excluding hydrogens is 467 g/mol. The Morgan fingerprint density at radius 1 is 1.13 bits per heavy atom. The van der Waals surface area contributed by atoms with Crippen LogP contribution >= 0.6 is 23.2 Å². The molecule has 1 fully saturated rings. The predicted octanol–water partition coefficient (Wildman–Crippen LogP) is 3.63. The van der Waals surface area contributed by atoms with E-state index in [-0.39, 0.29) is 26.5 Å². The van der Waals surface area contributed by atoms with Gasteiger partial charge in [-0.25, -0.2) is 17.9 Å². The van der Waals surface area contributed by atoms with Crippen LogP contribution in [0.4, 0.5) is 5.69 Å². The number of hydrogen-bond acceptors (Lipinski definition) is 6. The first-order chi connectivity index (χ1) is 14.6. The van der Waals surface area contributed by atoms with Crippen molar-refractivity contribution in [2.45, 2.75) is 36.8 Å². The van der Waals surface area contributed by atoms with E-state index in [1.807, 2.05) is 0 Å². The number of rotatable bonds is 8. The second kappa shape index (κ2) is 9.44. The lowest BCUT2D eigenvalue weighted by molar-refractivity contribution is -0.123. The van der Waals surface area contributed by atoms with Crippen LogP contribution in [0.2, 0.25) is 10.0 Å². The minimum atomic E-state index is -3.94. The fraction of sp³-hybridized carbons (Fsp3) is 0.300. The van der Waals surface area contributed by atoms with Crippen LogP contribution in [0.25, 0.3) is 0 Å². The Morgan fingerprint density at radius 2 is 1.81 bits per heavy atom. The molecule has 1 atom stereocenters. The van der Waals surface area contributed by atoms with Gasteiger partial charge in [-0.15, -0.1) is 0 Å². The van der Waals surface area contributed by atoms with Crippen LogP contribution < -0.4 is 14.8 Å². The third kappa shape index (κ3) is 5.68. The second-order valence-corrected chi connectivity index (χ2v) is 9.39. The van der Waals surface area contributed by atoms with Gasteiger partial charge in [0.2, 0.25) is 10.0 Å². The van der Waals surface area contributed by atoms with Crippen LogP contribution in [-0.4, -0.2) is 39.5 Å². The quantitative estimate of drug-likeness (QED) is 0.551. The highest BCUT2D eigenvalue weighted by molar-refractivity contribution is 7.89. The lowest BCUT2D eigenvalue weighted by Gasteiger charge is -2.16. The van der Waals surface area contributed by atoms with Crippen molar-refractivity contribution in [1.82, 2.24) is 4.72 Å². The van der Waals surface area contributed by atoms with Crippen molar-refractivity contribution < 1.29 is 27.5 Å². The number of methoxy groups -OCH3 is 1. The number of sulfonamides is 1. The molecule has 166 valence electrons. The molecule has 2 aromatic carbocycles. The van der Waals surface area contributed by atoms with Crippen molar-refractivity contribution >= 4 is 50.8 Å². The third-order valence-electron chi connectivity index (χ3n) is 4.45. The second-order valence-electron chi connectivity index (χ2n) is 6.90. The normalized spacial score (nSPS) is 14.6. The zero-order valence-corrected chi connectivity index (χ0v) is 19.0. The van der Waals surface area contributed by atoms with E-state index in [4.69, 9.17) is 32.7 Å². The minimum absolute atomic E-state index is 0.0993. The summed E-state index contributed by atoms with van der Waals surface area (Å²) in [6.07, 6.45) is 0.268. The number of nitrogens with one attached hydrogen (secondary N) is 2. The van der Waals surface area contributed by atoms with Crippen molar-refractivity contribution in [3.63, 3.8) is 0 Å². The first kappa shape index (κ1) is 23.3. The number of benzene rings is 2. The van der Waals surface area contributed by atoms with Gasteiger partial charge in [0.05, 0.1) is 28.4 Å². The summed E-state index contributed by atoms with van der Waals surface area (Å²) in [7, 11) is -2.48. The van der Waals surface area contributed by atoms with Crippen molar-refractivity contribution in [1.29, 1.82) is 0 Å². The molecule has 0 aromatic heterocycles. The van der Waals surface area contributed by atoms with E-state index in [0.717, 1.165) is 25.0 Å². The number of esters is 1. The number of carbonyl (C=O) groups excluding carboxylic acids is 2. The predicted molar refractivity (Wildman–Crippen MR) is 116 cm³/mol. The van der Waals surface area contributed by atoms with Crippen molar-refractivity contribution in [2.24, 2.45) is 0 Å². The fourth-order valence-corrected chi connectivity index (χ4v) is 4.79. The summed E-state index contributed by atoms with van der Waals surface area (Å²) in [6.45, 7) is 1.37. The van der Waals surface area contributed by atoms with Crippen LogP contribution in [0, 0.1) is 0 Å². The molecule has 31 heavy (non-hydrogen) atoms. The largest absolute Gasteiger partial charge is 0.495 e. The molecule has 0 bridgehead atoms. The standard InChI is InChI=1S/C20H20Cl2N2O6S/c1-11(19(25)23-16-5-3-4-6-17(16)29-2)30-20(26)13-9-18(15(22)10-14(13)21)31(27,28)24-12-7-8-12/h3-6,9-12,24H,7-8H2,1-2H3,(H,23,25). The van der Waals surface area contributed by atoms with Gasteiger partial charge in [0.15, 0.2) is 6.10 Å². The number of hydrogen-bond donors (Lipinski definition) is 2. The van der Waals surface area contributed by atoms with Gasteiger partial charge in [0.1, 0.15) is 10.6 Å².